The van der Waals surface area contributed by atoms with E-state index in [-0.39, 0.29) is 0 Å². The van der Waals surface area contributed by atoms with Gasteiger partial charge in [-0.05, 0) is 38.4 Å². The largest absolute Gasteiger partial charge is 0.416 e. The molecule has 0 radical (unpaired) electrons. The van der Waals surface area contributed by atoms with Gasteiger partial charge in [-0.3, -0.25) is 0 Å². The summed E-state index contributed by atoms with van der Waals surface area (Å²) in [5.74, 6) is 1.74. The Morgan fingerprint density at radius 3 is 2.90 bits per heavy atom. The van der Waals surface area contributed by atoms with E-state index in [2.05, 4.69) is 34.3 Å². The van der Waals surface area contributed by atoms with Crippen LogP contribution in [0.25, 0.3) is 0 Å². The molecule has 1 saturated heterocycles. The van der Waals surface area contributed by atoms with Gasteiger partial charge in [-0.25, -0.2) is 0 Å². The topological polar surface area (TPSA) is 42.2 Å². The highest BCUT2D eigenvalue weighted by Crippen LogP contribution is 2.23. The molecule has 0 saturated carbocycles. The van der Waals surface area contributed by atoms with E-state index >= 15 is 0 Å². The number of aromatic nitrogens is 2. The zero-order valence-electron chi connectivity index (χ0n) is 12.4. The van der Waals surface area contributed by atoms with Gasteiger partial charge in [0, 0.05) is 11.8 Å². The Morgan fingerprint density at radius 2 is 2.14 bits per heavy atom. The fourth-order valence-electron chi connectivity index (χ4n) is 2.76. The van der Waals surface area contributed by atoms with E-state index in [9.17, 15) is 0 Å². The van der Waals surface area contributed by atoms with Crippen LogP contribution in [0, 0.1) is 0 Å². The minimum absolute atomic E-state index is 0.696. The van der Waals surface area contributed by atoms with Crippen molar-refractivity contribution in [3.63, 3.8) is 0 Å². The Hall–Kier alpha value is -1.33. The van der Waals surface area contributed by atoms with Crippen molar-refractivity contribution in [2.75, 3.05) is 19.3 Å². The fourth-order valence-corrected chi connectivity index (χ4v) is 3.58. The van der Waals surface area contributed by atoms with E-state index in [1.165, 1.54) is 31.4 Å². The van der Waals surface area contributed by atoms with Crippen molar-refractivity contribution in [3.05, 3.63) is 41.8 Å². The van der Waals surface area contributed by atoms with Crippen LogP contribution < -0.4 is 0 Å². The third kappa shape index (κ3) is 4.08. The smallest absolute Gasteiger partial charge is 0.276 e. The molecule has 5 heteroatoms. The second-order valence-corrected chi connectivity index (χ2v) is 6.58. The van der Waals surface area contributed by atoms with Crippen molar-refractivity contribution in [1.29, 1.82) is 0 Å². The van der Waals surface area contributed by atoms with Crippen molar-refractivity contribution >= 4 is 11.8 Å². The van der Waals surface area contributed by atoms with Crippen LogP contribution in [0.1, 0.15) is 30.7 Å². The number of hydrogen-bond donors (Lipinski definition) is 0. The van der Waals surface area contributed by atoms with Gasteiger partial charge in [-0.2, -0.15) is 0 Å². The number of benzene rings is 1. The molecule has 3 rings (SSSR count). The Balaban J connectivity index is 1.46. The molecule has 0 amide bonds. The van der Waals surface area contributed by atoms with Crippen molar-refractivity contribution in [2.45, 2.75) is 36.9 Å². The summed E-state index contributed by atoms with van der Waals surface area (Å²) in [4.78, 5) is 2.45. The van der Waals surface area contributed by atoms with Gasteiger partial charge < -0.3 is 9.32 Å². The lowest BCUT2D eigenvalue weighted by atomic mass is 10.2. The summed E-state index contributed by atoms with van der Waals surface area (Å²) >= 11 is 1.67. The lowest BCUT2D eigenvalue weighted by molar-refractivity contribution is 0.305. The number of hydrogen-bond acceptors (Lipinski definition) is 5. The van der Waals surface area contributed by atoms with Gasteiger partial charge in [-0.15, -0.1) is 10.2 Å². The van der Waals surface area contributed by atoms with Crippen LogP contribution in [0.3, 0.4) is 0 Å². The number of rotatable bonds is 6. The lowest BCUT2D eigenvalue weighted by Gasteiger charge is -2.18. The van der Waals surface area contributed by atoms with E-state index in [0.29, 0.717) is 17.5 Å². The van der Waals surface area contributed by atoms with Gasteiger partial charge in [0.15, 0.2) is 0 Å². The molecular weight excluding hydrogens is 282 g/mol. The lowest BCUT2D eigenvalue weighted by Crippen LogP contribution is -2.25. The molecule has 0 bridgehead atoms. The molecule has 0 aliphatic carbocycles. The van der Waals surface area contributed by atoms with E-state index in [4.69, 9.17) is 4.42 Å². The Bertz CT molecular complexity index is 558. The molecule has 2 heterocycles. The zero-order chi connectivity index (χ0) is 14.5. The maximum atomic E-state index is 5.71. The summed E-state index contributed by atoms with van der Waals surface area (Å²) in [6, 6.07) is 10.9. The summed E-state index contributed by atoms with van der Waals surface area (Å²) in [5.41, 5.74) is 1.20. The van der Waals surface area contributed by atoms with E-state index in [0.717, 1.165) is 11.8 Å². The second-order valence-electron chi connectivity index (χ2n) is 5.54. The number of thioether (sulfide) groups is 1. The first-order valence-electron chi connectivity index (χ1n) is 7.50. The molecule has 1 aliphatic heterocycles. The summed E-state index contributed by atoms with van der Waals surface area (Å²) in [7, 11) is 2.22. The average molecular weight is 303 g/mol. The van der Waals surface area contributed by atoms with E-state index in [1.54, 1.807) is 11.8 Å². The van der Waals surface area contributed by atoms with Crippen LogP contribution in [-0.2, 0) is 6.42 Å². The van der Waals surface area contributed by atoms with Crippen LogP contribution in [0.15, 0.2) is 40.0 Å². The molecule has 1 atom stereocenters. The molecule has 1 aromatic carbocycles. The van der Waals surface area contributed by atoms with Crippen LogP contribution >= 0.6 is 11.8 Å². The third-order valence-corrected chi connectivity index (χ3v) is 4.85. The summed E-state index contributed by atoms with van der Waals surface area (Å²) in [6.07, 6.45) is 4.55. The number of likely N-dealkylation sites (tertiary alicyclic amines) is 1. The molecule has 112 valence electrons. The predicted octanol–water partition coefficient (Wildman–Crippen LogP) is 3.24. The summed E-state index contributed by atoms with van der Waals surface area (Å²) in [5, 5.41) is 8.95. The van der Waals surface area contributed by atoms with Crippen LogP contribution in [0.5, 0.6) is 0 Å². The van der Waals surface area contributed by atoms with E-state index < -0.39 is 0 Å². The highest BCUT2D eigenvalue weighted by atomic mass is 32.2. The normalized spacial score (nSPS) is 19.2. The van der Waals surface area contributed by atoms with Crippen molar-refractivity contribution in [2.24, 2.45) is 0 Å². The number of nitrogens with zero attached hydrogens (tertiary/aromatic N) is 3. The molecule has 0 unspecified atom stereocenters. The van der Waals surface area contributed by atoms with Crippen molar-refractivity contribution in [1.82, 2.24) is 15.1 Å². The van der Waals surface area contributed by atoms with Gasteiger partial charge in [0.2, 0.25) is 5.89 Å². The van der Waals surface area contributed by atoms with Gasteiger partial charge in [0.05, 0.1) is 6.42 Å². The standard InChI is InChI=1S/C16H21N3OS/c1-19-10-5-8-14(19)9-11-21-16-18-17-15(20-16)12-13-6-3-2-4-7-13/h2-4,6-7,14H,5,8-12H2,1H3/t14-/m0/s1. The minimum atomic E-state index is 0.696. The van der Waals surface area contributed by atoms with Crippen molar-refractivity contribution < 1.29 is 4.42 Å². The minimum Gasteiger partial charge on any atom is -0.416 e. The predicted molar refractivity (Wildman–Crippen MR) is 84.5 cm³/mol. The molecule has 1 fully saturated rings. The molecular formula is C16H21N3OS. The molecule has 0 N–H and O–H groups in total. The zero-order valence-corrected chi connectivity index (χ0v) is 13.2. The highest BCUT2D eigenvalue weighted by molar-refractivity contribution is 7.99. The van der Waals surface area contributed by atoms with Gasteiger partial charge in [0.1, 0.15) is 0 Å². The Morgan fingerprint density at radius 1 is 1.29 bits per heavy atom. The fraction of sp³-hybridized carbons (Fsp3) is 0.500. The average Bonchev–Trinajstić information content (AvgIpc) is 3.10. The SMILES string of the molecule is CN1CCC[C@H]1CCSc1nnc(Cc2ccccc2)o1. The molecule has 2 aromatic rings. The van der Waals surface area contributed by atoms with E-state index in [1.807, 2.05) is 18.2 Å². The van der Waals surface area contributed by atoms with Crippen molar-refractivity contribution in [3.8, 4) is 0 Å². The third-order valence-electron chi connectivity index (χ3n) is 3.99. The van der Waals surface area contributed by atoms with Gasteiger partial charge in [0.25, 0.3) is 5.22 Å². The Kier molecular flexibility index (Phi) is 4.93. The maximum Gasteiger partial charge on any atom is 0.276 e. The molecule has 21 heavy (non-hydrogen) atoms. The van der Waals surface area contributed by atoms with Gasteiger partial charge >= 0.3 is 0 Å². The Labute approximate surface area is 129 Å². The highest BCUT2D eigenvalue weighted by Gasteiger charge is 2.20. The first kappa shape index (κ1) is 14.6. The second kappa shape index (κ2) is 7.09. The monoisotopic (exact) mass is 303 g/mol. The molecule has 1 aliphatic rings. The van der Waals surface area contributed by atoms with Crippen LogP contribution in [-0.4, -0.2) is 40.5 Å². The quantitative estimate of drug-likeness (QED) is 0.766. The summed E-state index contributed by atoms with van der Waals surface area (Å²) < 4.78 is 5.71. The first-order chi connectivity index (χ1) is 10.3. The van der Waals surface area contributed by atoms with Gasteiger partial charge in [-0.1, -0.05) is 42.1 Å². The van der Waals surface area contributed by atoms with Crippen LogP contribution in [0.2, 0.25) is 0 Å². The molecule has 0 spiro atoms. The maximum absolute atomic E-state index is 5.71. The first-order valence-corrected chi connectivity index (χ1v) is 8.49. The summed E-state index contributed by atoms with van der Waals surface area (Å²) in [6.45, 7) is 1.23. The van der Waals surface area contributed by atoms with Crippen LogP contribution in [0.4, 0.5) is 0 Å². The molecule has 1 aromatic heterocycles. The molecule has 4 nitrogen and oxygen atoms in total.